The molecule has 158 valence electrons. The topological polar surface area (TPSA) is 79.7 Å². The SMILES string of the molecule is Cc1c(Cl)ccc2[nH]c(C3(C)CCCN3C(=O)c3cc(Cl)ccc3-n3nccn3)nc12. The minimum Gasteiger partial charge on any atom is -0.340 e. The molecule has 1 aliphatic heterocycles. The molecule has 1 atom stereocenters. The number of H-pyrrole nitrogens is 1. The van der Waals surface area contributed by atoms with E-state index < -0.39 is 5.54 Å². The molecule has 31 heavy (non-hydrogen) atoms. The van der Waals surface area contributed by atoms with Crippen LogP contribution in [0.5, 0.6) is 0 Å². The first-order chi connectivity index (χ1) is 14.9. The molecule has 7 nitrogen and oxygen atoms in total. The number of hydrogen-bond donors (Lipinski definition) is 1. The van der Waals surface area contributed by atoms with Crippen molar-refractivity contribution in [1.82, 2.24) is 29.9 Å². The number of fused-ring (bicyclic) bond motifs is 1. The van der Waals surface area contributed by atoms with Crippen LogP contribution in [0, 0.1) is 6.92 Å². The number of benzene rings is 2. The molecule has 0 bridgehead atoms. The molecule has 1 amide bonds. The highest BCUT2D eigenvalue weighted by molar-refractivity contribution is 6.32. The Morgan fingerprint density at radius 2 is 1.94 bits per heavy atom. The smallest absolute Gasteiger partial charge is 0.256 e. The first kappa shape index (κ1) is 20.0. The molecule has 0 aliphatic carbocycles. The van der Waals surface area contributed by atoms with E-state index in [0.29, 0.717) is 27.8 Å². The average Bonchev–Trinajstić information content (AvgIpc) is 3.50. The van der Waals surface area contributed by atoms with E-state index in [9.17, 15) is 4.79 Å². The number of amides is 1. The van der Waals surface area contributed by atoms with Crippen molar-refractivity contribution in [2.75, 3.05) is 6.54 Å². The van der Waals surface area contributed by atoms with Crippen molar-refractivity contribution in [2.24, 2.45) is 0 Å². The number of nitrogens with one attached hydrogen (secondary N) is 1. The van der Waals surface area contributed by atoms with E-state index in [0.717, 1.165) is 35.3 Å². The molecule has 1 unspecified atom stereocenters. The van der Waals surface area contributed by atoms with Crippen molar-refractivity contribution in [1.29, 1.82) is 0 Å². The fourth-order valence-electron chi connectivity index (χ4n) is 4.32. The van der Waals surface area contributed by atoms with E-state index in [1.54, 1.807) is 30.6 Å². The van der Waals surface area contributed by atoms with Crippen molar-refractivity contribution in [3.63, 3.8) is 0 Å². The zero-order valence-electron chi connectivity index (χ0n) is 17.1. The quantitative estimate of drug-likeness (QED) is 0.476. The number of halogens is 2. The van der Waals surface area contributed by atoms with Gasteiger partial charge in [-0.2, -0.15) is 15.0 Å². The van der Waals surface area contributed by atoms with Gasteiger partial charge in [0.1, 0.15) is 5.82 Å². The van der Waals surface area contributed by atoms with Crippen LogP contribution in [0.1, 0.15) is 41.5 Å². The summed E-state index contributed by atoms with van der Waals surface area (Å²) in [5.41, 5.74) is 3.09. The molecule has 1 N–H and O–H groups in total. The maximum atomic E-state index is 13.8. The largest absolute Gasteiger partial charge is 0.340 e. The molecule has 2 aromatic carbocycles. The Morgan fingerprint density at radius 3 is 2.71 bits per heavy atom. The highest BCUT2D eigenvalue weighted by atomic mass is 35.5. The van der Waals surface area contributed by atoms with Gasteiger partial charge < -0.3 is 9.88 Å². The van der Waals surface area contributed by atoms with Gasteiger partial charge in [-0.15, -0.1) is 0 Å². The van der Waals surface area contributed by atoms with Crippen molar-refractivity contribution in [2.45, 2.75) is 32.2 Å². The van der Waals surface area contributed by atoms with Crippen LogP contribution in [-0.2, 0) is 5.54 Å². The highest BCUT2D eigenvalue weighted by Gasteiger charge is 2.44. The zero-order valence-corrected chi connectivity index (χ0v) is 18.6. The summed E-state index contributed by atoms with van der Waals surface area (Å²) in [6.07, 6.45) is 4.81. The third-order valence-corrected chi connectivity index (χ3v) is 6.71. The number of imidazole rings is 1. The minimum atomic E-state index is -0.591. The number of carbonyl (C=O) groups is 1. The number of hydrogen-bond acceptors (Lipinski definition) is 4. The Labute approximate surface area is 189 Å². The Kier molecular flexibility index (Phi) is 4.75. The van der Waals surface area contributed by atoms with Crippen molar-refractivity contribution in [3.05, 3.63) is 69.7 Å². The second-order valence-electron chi connectivity index (χ2n) is 7.97. The number of aromatic nitrogens is 5. The van der Waals surface area contributed by atoms with Gasteiger partial charge in [-0.05, 0) is 62.6 Å². The molecule has 0 saturated carbocycles. The lowest BCUT2D eigenvalue weighted by molar-refractivity contribution is 0.0605. The van der Waals surface area contributed by atoms with Crippen LogP contribution in [0.2, 0.25) is 10.0 Å². The lowest BCUT2D eigenvalue weighted by Gasteiger charge is -2.34. The van der Waals surface area contributed by atoms with Gasteiger partial charge in [-0.1, -0.05) is 23.2 Å². The van der Waals surface area contributed by atoms with Crippen molar-refractivity contribution < 1.29 is 4.79 Å². The highest BCUT2D eigenvalue weighted by Crippen LogP contribution is 2.40. The van der Waals surface area contributed by atoms with E-state index >= 15 is 0 Å². The zero-order chi connectivity index (χ0) is 21.8. The van der Waals surface area contributed by atoms with E-state index in [2.05, 4.69) is 15.2 Å². The molecular formula is C22H20Cl2N6O. The number of rotatable bonds is 3. The van der Waals surface area contributed by atoms with Gasteiger partial charge in [0.15, 0.2) is 0 Å². The fourth-order valence-corrected chi connectivity index (χ4v) is 4.64. The Bertz CT molecular complexity index is 1300. The monoisotopic (exact) mass is 454 g/mol. The number of nitrogens with zero attached hydrogens (tertiary/aromatic N) is 5. The normalized spacial score (nSPS) is 18.8. The van der Waals surface area contributed by atoms with Gasteiger partial charge in [-0.25, -0.2) is 4.98 Å². The lowest BCUT2D eigenvalue weighted by Crippen LogP contribution is -2.44. The Balaban J connectivity index is 1.59. The Morgan fingerprint density at radius 1 is 1.16 bits per heavy atom. The van der Waals surface area contributed by atoms with Crippen LogP contribution in [-0.4, -0.2) is 42.3 Å². The molecule has 1 fully saturated rings. The van der Waals surface area contributed by atoms with Gasteiger partial charge in [0, 0.05) is 16.6 Å². The molecular weight excluding hydrogens is 435 g/mol. The van der Waals surface area contributed by atoms with Crippen molar-refractivity contribution >= 4 is 40.1 Å². The maximum absolute atomic E-state index is 13.8. The fraction of sp³-hybridized carbons (Fsp3) is 0.273. The second kappa shape index (κ2) is 7.35. The molecule has 0 radical (unpaired) electrons. The van der Waals surface area contributed by atoms with Crippen LogP contribution in [0.15, 0.2) is 42.7 Å². The summed E-state index contributed by atoms with van der Waals surface area (Å²) in [6, 6.07) is 8.94. The molecule has 3 heterocycles. The number of aromatic amines is 1. The molecule has 0 spiro atoms. The predicted molar refractivity (Wildman–Crippen MR) is 120 cm³/mol. The number of carbonyl (C=O) groups excluding carboxylic acids is 1. The number of aryl methyl sites for hydroxylation is 1. The summed E-state index contributed by atoms with van der Waals surface area (Å²) in [5.74, 6) is 0.615. The van der Waals surface area contributed by atoms with Gasteiger partial charge in [0.25, 0.3) is 5.91 Å². The summed E-state index contributed by atoms with van der Waals surface area (Å²) < 4.78 is 0. The van der Waals surface area contributed by atoms with Crippen LogP contribution in [0.25, 0.3) is 16.7 Å². The first-order valence-electron chi connectivity index (χ1n) is 10.0. The summed E-state index contributed by atoms with van der Waals surface area (Å²) >= 11 is 12.5. The first-order valence-corrected chi connectivity index (χ1v) is 10.8. The maximum Gasteiger partial charge on any atom is 0.256 e. The summed E-state index contributed by atoms with van der Waals surface area (Å²) in [5, 5.41) is 9.53. The third-order valence-electron chi connectivity index (χ3n) is 6.06. The molecule has 9 heteroatoms. The summed E-state index contributed by atoms with van der Waals surface area (Å²) in [6.45, 7) is 4.61. The van der Waals surface area contributed by atoms with E-state index in [-0.39, 0.29) is 5.91 Å². The van der Waals surface area contributed by atoms with E-state index in [1.165, 1.54) is 4.80 Å². The van der Waals surface area contributed by atoms with Gasteiger partial charge in [-0.3, -0.25) is 4.79 Å². The molecule has 4 aromatic rings. The standard InChI is InChI=1S/C22H20Cl2N6O/c1-13-16(24)5-6-17-19(13)28-21(27-17)22(2)8-3-11-29(22)20(31)15-12-14(23)4-7-18(15)30-25-9-10-26-30/h4-7,9-10,12H,3,8,11H2,1-2H3,(H,27,28). The third kappa shape index (κ3) is 3.20. The molecule has 1 saturated heterocycles. The van der Waals surface area contributed by atoms with E-state index in [1.807, 2.05) is 30.9 Å². The predicted octanol–water partition coefficient (Wildman–Crippen LogP) is 4.91. The number of likely N-dealkylation sites (tertiary alicyclic amines) is 1. The summed E-state index contributed by atoms with van der Waals surface area (Å²) in [7, 11) is 0. The molecule has 5 rings (SSSR count). The van der Waals surface area contributed by atoms with Crippen molar-refractivity contribution in [3.8, 4) is 5.69 Å². The second-order valence-corrected chi connectivity index (χ2v) is 8.81. The summed E-state index contributed by atoms with van der Waals surface area (Å²) in [4.78, 5) is 25.3. The van der Waals surface area contributed by atoms with Crippen LogP contribution in [0.3, 0.4) is 0 Å². The van der Waals surface area contributed by atoms with E-state index in [4.69, 9.17) is 28.2 Å². The van der Waals surface area contributed by atoms with Crippen LogP contribution >= 0.6 is 23.2 Å². The van der Waals surface area contributed by atoms with Crippen LogP contribution in [0.4, 0.5) is 0 Å². The lowest BCUT2D eigenvalue weighted by atomic mass is 9.97. The van der Waals surface area contributed by atoms with Gasteiger partial charge in [0.05, 0.1) is 40.2 Å². The average molecular weight is 455 g/mol. The van der Waals surface area contributed by atoms with Crippen LogP contribution < -0.4 is 0 Å². The molecule has 2 aromatic heterocycles. The Hall–Kier alpha value is -2.90. The minimum absolute atomic E-state index is 0.134. The van der Waals surface area contributed by atoms with Gasteiger partial charge in [0.2, 0.25) is 0 Å². The van der Waals surface area contributed by atoms with Gasteiger partial charge >= 0.3 is 0 Å². The molecule has 1 aliphatic rings.